The summed E-state index contributed by atoms with van der Waals surface area (Å²) in [4.78, 5) is 14.5. The van der Waals surface area contributed by atoms with Gasteiger partial charge in [0.25, 0.3) is 0 Å². The van der Waals surface area contributed by atoms with Gasteiger partial charge in [-0.3, -0.25) is 0 Å². The first kappa shape index (κ1) is 17.0. The van der Waals surface area contributed by atoms with E-state index in [1.165, 1.54) is 0 Å². The molecule has 1 N–H and O–H groups in total. The van der Waals surface area contributed by atoms with E-state index in [-0.39, 0.29) is 11.9 Å². The third-order valence-corrected chi connectivity index (χ3v) is 6.02. The van der Waals surface area contributed by atoms with E-state index in [0.717, 1.165) is 60.1 Å². The number of piperidine rings is 1. The molecular weight excluding hydrogens is 353 g/mol. The summed E-state index contributed by atoms with van der Waals surface area (Å²) in [5.74, 6) is 1.09. The standard InChI is InChI=1S/C22H22FN5/c1-3-17-18(4-2)26-22(25-17)27-10-8-14(9-11-27)21-20-15(6-5-7-16(20)23)19-12-24-13-28(19)21/h3-7,12-14,21H,1-2,8-11H2,(H,25,26). The van der Waals surface area contributed by atoms with Gasteiger partial charge in [-0.2, -0.15) is 0 Å². The molecule has 0 aliphatic carbocycles. The maximum absolute atomic E-state index is 14.7. The molecule has 4 heterocycles. The maximum atomic E-state index is 14.7. The molecule has 0 spiro atoms. The Hall–Kier alpha value is -3.15. The van der Waals surface area contributed by atoms with E-state index in [1.54, 1.807) is 24.3 Å². The normalized spacial score (nSPS) is 18.8. The van der Waals surface area contributed by atoms with Crippen molar-refractivity contribution in [2.45, 2.75) is 18.9 Å². The van der Waals surface area contributed by atoms with Gasteiger partial charge in [0, 0.05) is 24.2 Å². The van der Waals surface area contributed by atoms with Gasteiger partial charge in [-0.1, -0.05) is 25.3 Å². The van der Waals surface area contributed by atoms with Crippen molar-refractivity contribution in [2.24, 2.45) is 5.92 Å². The Morgan fingerprint density at radius 2 is 2.00 bits per heavy atom. The quantitative estimate of drug-likeness (QED) is 0.729. The fourth-order valence-corrected chi connectivity index (χ4v) is 4.67. The lowest BCUT2D eigenvalue weighted by Crippen LogP contribution is -2.37. The number of nitrogens with zero attached hydrogens (tertiary/aromatic N) is 4. The summed E-state index contributed by atoms with van der Waals surface area (Å²) in [5.41, 5.74) is 4.52. The largest absolute Gasteiger partial charge is 0.342 e. The number of imidazole rings is 2. The smallest absolute Gasteiger partial charge is 0.203 e. The maximum Gasteiger partial charge on any atom is 0.203 e. The molecule has 5 rings (SSSR count). The Morgan fingerprint density at radius 3 is 2.71 bits per heavy atom. The highest BCUT2D eigenvalue weighted by atomic mass is 19.1. The molecule has 3 aromatic rings. The zero-order valence-electron chi connectivity index (χ0n) is 15.6. The van der Waals surface area contributed by atoms with Gasteiger partial charge in [0.05, 0.1) is 35.6 Å². The zero-order valence-corrected chi connectivity index (χ0v) is 15.6. The summed E-state index contributed by atoms with van der Waals surface area (Å²) in [7, 11) is 0. The minimum absolute atomic E-state index is 0.0138. The highest BCUT2D eigenvalue weighted by Gasteiger charge is 2.38. The van der Waals surface area contributed by atoms with Crippen molar-refractivity contribution >= 4 is 18.1 Å². The number of benzene rings is 1. The van der Waals surface area contributed by atoms with Crippen LogP contribution in [-0.4, -0.2) is 32.6 Å². The molecule has 0 saturated carbocycles. The summed E-state index contributed by atoms with van der Waals surface area (Å²) in [6, 6.07) is 5.36. The number of halogens is 1. The molecule has 1 saturated heterocycles. The number of H-pyrrole nitrogens is 1. The van der Waals surface area contributed by atoms with Crippen molar-refractivity contribution in [3.05, 3.63) is 66.6 Å². The average molecular weight is 375 g/mol. The average Bonchev–Trinajstić information content (AvgIpc) is 3.42. The van der Waals surface area contributed by atoms with Crippen LogP contribution in [-0.2, 0) is 0 Å². The molecule has 2 aromatic heterocycles. The minimum atomic E-state index is -0.120. The van der Waals surface area contributed by atoms with Gasteiger partial charge in [0.1, 0.15) is 5.82 Å². The third kappa shape index (κ3) is 2.44. The topological polar surface area (TPSA) is 49.7 Å². The van der Waals surface area contributed by atoms with Gasteiger partial charge in [0.2, 0.25) is 5.95 Å². The fourth-order valence-electron chi connectivity index (χ4n) is 4.67. The van der Waals surface area contributed by atoms with Crippen molar-refractivity contribution in [1.82, 2.24) is 19.5 Å². The van der Waals surface area contributed by atoms with Crippen LogP contribution in [0.5, 0.6) is 0 Å². The van der Waals surface area contributed by atoms with Crippen LogP contribution in [0.2, 0.25) is 0 Å². The van der Waals surface area contributed by atoms with Crippen molar-refractivity contribution in [1.29, 1.82) is 0 Å². The van der Waals surface area contributed by atoms with Crippen molar-refractivity contribution in [3.8, 4) is 11.3 Å². The number of hydrogen-bond donors (Lipinski definition) is 1. The lowest BCUT2D eigenvalue weighted by atomic mass is 9.85. The number of nitrogens with one attached hydrogen (secondary N) is 1. The van der Waals surface area contributed by atoms with Crippen LogP contribution >= 0.6 is 0 Å². The molecule has 1 aromatic carbocycles. The highest BCUT2D eigenvalue weighted by Crippen LogP contribution is 2.46. The predicted octanol–water partition coefficient (Wildman–Crippen LogP) is 4.52. The zero-order chi connectivity index (χ0) is 19.3. The molecular formula is C22H22FN5. The Bertz CT molecular complexity index is 1030. The van der Waals surface area contributed by atoms with Crippen molar-refractivity contribution in [3.63, 3.8) is 0 Å². The Labute approximate surface area is 163 Å². The van der Waals surface area contributed by atoms with Gasteiger partial charge < -0.3 is 14.5 Å². The van der Waals surface area contributed by atoms with E-state index >= 15 is 0 Å². The number of fused-ring (bicyclic) bond motifs is 3. The Balaban J connectivity index is 1.40. The summed E-state index contributed by atoms with van der Waals surface area (Å²) in [6.45, 7) is 9.38. The van der Waals surface area contributed by atoms with Crippen molar-refractivity contribution in [2.75, 3.05) is 18.0 Å². The molecule has 28 heavy (non-hydrogen) atoms. The molecule has 142 valence electrons. The third-order valence-electron chi connectivity index (χ3n) is 6.02. The van der Waals surface area contributed by atoms with Gasteiger partial charge >= 0.3 is 0 Å². The number of anilines is 1. The first-order chi connectivity index (χ1) is 13.7. The van der Waals surface area contributed by atoms with Crippen LogP contribution in [0, 0.1) is 11.7 Å². The lowest BCUT2D eigenvalue weighted by Gasteiger charge is -2.35. The second-order valence-corrected chi connectivity index (χ2v) is 7.42. The molecule has 2 aliphatic heterocycles. The summed E-state index contributed by atoms with van der Waals surface area (Å²) in [5, 5.41) is 0. The molecule has 0 radical (unpaired) electrons. The number of rotatable bonds is 4. The first-order valence-corrected chi connectivity index (χ1v) is 9.61. The highest BCUT2D eigenvalue weighted by molar-refractivity contribution is 5.69. The minimum Gasteiger partial charge on any atom is -0.342 e. The number of aromatic nitrogens is 4. The van der Waals surface area contributed by atoms with E-state index < -0.39 is 0 Å². The van der Waals surface area contributed by atoms with Gasteiger partial charge in [-0.25, -0.2) is 14.4 Å². The Morgan fingerprint density at radius 1 is 1.18 bits per heavy atom. The van der Waals surface area contributed by atoms with Gasteiger partial charge in [0.15, 0.2) is 0 Å². The van der Waals surface area contributed by atoms with Crippen LogP contribution in [0.25, 0.3) is 23.4 Å². The SMILES string of the molecule is C=Cc1nc(N2CCC(C3c4c(F)cccc4-c4cncn43)CC2)[nH]c1C=C. The molecule has 1 atom stereocenters. The molecule has 1 unspecified atom stereocenters. The van der Waals surface area contributed by atoms with Gasteiger partial charge in [-0.15, -0.1) is 0 Å². The monoisotopic (exact) mass is 375 g/mol. The molecule has 6 heteroatoms. The Kier molecular flexibility index (Phi) is 3.93. The molecule has 5 nitrogen and oxygen atoms in total. The van der Waals surface area contributed by atoms with E-state index in [2.05, 4.69) is 37.6 Å². The van der Waals surface area contributed by atoms with E-state index in [1.807, 2.05) is 18.6 Å². The van der Waals surface area contributed by atoms with Crippen LogP contribution in [0.1, 0.15) is 35.8 Å². The van der Waals surface area contributed by atoms with E-state index in [0.29, 0.717) is 5.92 Å². The van der Waals surface area contributed by atoms with E-state index in [9.17, 15) is 4.39 Å². The summed E-state index contributed by atoms with van der Waals surface area (Å²) >= 11 is 0. The lowest BCUT2D eigenvalue weighted by molar-refractivity contribution is 0.310. The number of aromatic amines is 1. The first-order valence-electron chi connectivity index (χ1n) is 9.61. The van der Waals surface area contributed by atoms with Crippen LogP contribution in [0.15, 0.2) is 43.9 Å². The van der Waals surface area contributed by atoms with E-state index in [4.69, 9.17) is 0 Å². The predicted molar refractivity (Wildman–Crippen MR) is 109 cm³/mol. The molecule has 1 fully saturated rings. The van der Waals surface area contributed by atoms with Crippen LogP contribution in [0.4, 0.5) is 10.3 Å². The van der Waals surface area contributed by atoms with Crippen molar-refractivity contribution < 1.29 is 4.39 Å². The fraction of sp³-hybridized carbons (Fsp3) is 0.273. The van der Waals surface area contributed by atoms with Crippen LogP contribution < -0.4 is 4.90 Å². The summed E-state index contributed by atoms with van der Waals surface area (Å²) in [6.07, 6.45) is 9.10. The molecule has 2 aliphatic rings. The second kappa shape index (κ2) is 6.48. The van der Waals surface area contributed by atoms with Gasteiger partial charge in [-0.05, 0) is 37.0 Å². The second-order valence-electron chi connectivity index (χ2n) is 7.42. The van der Waals surface area contributed by atoms with Crippen LogP contribution in [0.3, 0.4) is 0 Å². The number of hydrogen-bond acceptors (Lipinski definition) is 3. The summed E-state index contributed by atoms with van der Waals surface area (Å²) < 4.78 is 16.9. The molecule has 0 amide bonds. The molecule has 0 bridgehead atoms.